The second-order valence-corrected chi connectivity index (χ2v) is 6.45. The molecule has 2 aromatic carbocycles. The van der Waals surface area contributed by atoms with Crippen molar-refractivity contribution in [1.29, 1.82) is 0 Å². The van der Waals surface area contributed by atoms with Crippen molar-refractivity contribution in [1.82, 2.24) is 0 Å². The minimum Gasteiger partial charge on any atom is -0.455 e. The summed E-state index contributed by atoms with van der Waals surface area (Å²) in [5, 5.41) is 0. The van der Waals surface area contributed by atoms with E-state index in [0.29, 0.717) is 17.4 Å². The van der Waals surface area contributed by atoms with E-state index in [-0.39, 0.29) is 0 Å². The molecule has 2 N–H and O–H groups in total. The zero-order valence-electron chi connectivity index (χ0n) is 10.8. The minimum absolute atomic E-state index is 0.376. The molecule has 0 aromatic heterocycles. The van der Waals surface area contributed by atoms with Crippen molar-refractivity contribution in [2.24, 2.45) is 0 Å². The summed E-state index contributed by atoms with van der Waals surface area (Å²) in [5.41, 5.74) is 7.71. The van der Waals surface area contributed by atoms with Crippen LogP contribution in [0.4, 0.5) is 5.69 Å². The third-order valence-corrected chi connectivity index (χ3v) is 3.78. The van der Waals surface area contributed by atoms with Crippen molar-refractivity contribution >= 4 is 37.5 Å². The number of nitrogen functional groups attached to an aromatic ring is 1. The normalized spacial score (nSPS) is 10.8. The predicted octanol–water partition coefficient (Wildman–Crippen LogP) is 5.71. The first kappa shape index (κ1) is 14.4. The Bertz CT molecular complexity index is 597. The molecular weight excluding hydrogens is 370 g/mol. The highest BCUT2D eigenvalue weighted by molar-refractivity contribution is 9.10. The molecule has 0 heterocycles. The zero-order valence-corrected chi connectivity index (χ0v) is 14.0. The van der Waals surface area contributed by atoms with E-state index in [4.69, 9.17) is 10.5 Å². The summed E-state index contributed by atoms with van der Waals surface area (Å²) < 4.78 is 7.95. The first-order chi connectivity index (χ1) is 8.97. The van der Waals surface area contributed by atoms with E-state index >= 15 is 0 Å². The van der Waals surface area contributed by atoms with Crippen LogP contribution < -0.4 is 10.5 Å². The van der Waals surface area contributed by atoms with Crippen molar-refractivity contribution in [3.63, 3.8) is 0 Å². The monoisotopic (exact) mass is 383 g/mol. The first-order valence-corrected chi connectivity index (χ1v) is 7.58. The fraction of sp³-hybridized carbons (Fsp3) is 0.200. The summed E-state index contributed by atoms with van der Waals surface area (Å²) in [6, 6.07) is 11.6. The van der Waals surface area contributed by atoms with Gasteiger partial charge in [0.2, 0.25) is 0 Å². The van der Waals surface area contributed by atoms with Crippen molar-refractivity contribution in [2.75, 3.05) is 5.73 Å². The standard InChI is InChI=1S/C15H15Br2NO/c1-9(2)12-7-10(16)4-6-14(12)19-15-8-11(17)3-5-13(15)18/h3-9H,18H2,1-2H3. The average molecular weight is 385 g/mol. The second kappa shape index (κ2) is 5.97. The van der Waals surface area contributed by atoms with Crippen LogP contribution in [-0.2, 0) is 0 Å². The third kappa shape index (κ3) is 3.51. The Kier molecular flexibility index (Phi) is 4.53. The second-order valence-electron chi connectivity index (χ2n) is 4.62. The van der Waals surface area contributed by atoms with E-state index in [9.17, 15) is 0 Å². The molecule has 100 valence electrons. The smallest absolute Gasteiger partial charge is 0.151 e. The van der Waals surface area contributed by atoms with Gasteiger partial charge in [-0.1, -0.05) is 45.7 Å². The number of rotatable bonds is 3. The topological polar surface area (TPSA) is 35.2 Å². The Morgan fingerprint density at radius 2 is 1.58 bits per heavy atom. The van der Waals surface area contributed by atoms with Crippen LogP contribution in [0.15, 0.2) is 45.3 Å². The molecule has 4 heteroatoms. The maximum atomic E-state index is 5.96. The highest BCUT2D eigenvalue weighted by Gasteiger charge is 2.11. The van der Waals surface area contributed by atoms with Gasteiger partial charge in [0.25, 0.3) is 0 Å². The number of hydrogen-bond acceptors (Lipinski definition) is 2. The molecule has 0 aliphatic carbocycles. The van der Waals surface area contributed by atoms with Crippen LogP contribution in [0.3, 0.4) is 0 Å². The Balaban J connectivity index is 2.40. The summed E-state index contributed by atoms with van der Waals surface area (Å²) in [6.45, 7) is 4.28. The molecule has 0 fully saturated rings. The van der Waals surface area contributed by atoms with Crippen LogP contribution in [-0.4, -0.2) is 0 Å². The molecule has 0 aliphatic rings. The summed E-state index contributed by atoms with van der Waals surface area (Å²) in [7, 11) is 0. The van der Waals surface area contributed by atoms with Crippen molar-refractivity contribution in [3.05, 3.63) is 50.9 Å². The zero-order chi connectivity index (χ0) is 14.0. The fourth-order valence-electron chi connectivity index (χ4n) is 1.78. The summed E-state index contributed by atoms with van der Waals surface area (Å²) in [6.07, 6.45) is 0. The molecule has 0 spiro atoms. The van der Waals surface area contributed by atoms with Crippen LogP contribution in [0.5, 0.6) is 11.5 Å². The van der Waals surface area contributed by atoms with Gasteiger partial charge in [-0.3, -0.25) is 0 Å². The number of anilines is 1. The lowest BCUT2D eigenvalue weighted by Gasteiger charge is -2.15. The van der Waals surface area contributed by atoms with Gasteiger partial charge in [-0.15, -0.1) is 0 Å². The summed E-state index contributed by atoms with van der Waals surface area (Å²) >= 11 is 6.91. The molecule has 0 bridgehead atoms. The van der Waals surface area contributed by atoms with Gasteiger partial charge in [-0.25, -0.2) is 0 Å². The molecule has 0 saturated carbocycles. The number of halogens is 2. The Morgan fingerprint density at radius 1 is 0.947 bits per heavy atom. The van der Waals surface area contributed by atoms with E-state index in [1.165, 1.54) is 0 Å². The van der Waals surface area contributed by atoms with E-state index < -0.39 is 0 Å². The van der Waals surface area contributed by atoms with Gasteiger partial charge < -0.3 is 10.5 Å². The van der Waals surface area contributed by atoms with Gasteiger partial charge >= 0.3 is 0 Å². The number of benzene rings is 2. The Labute approximate surface area is 130 Å². The molecule has 2 rings (SSSR count). The Morgan fingerprint density at radius 3 is 2.26 bits per heavy atom. The van der Waals surface area contributed by atoms with E-state index in [0.717, 1.165) is 20.3 Å². The molecular formula is C15H15Br2NO. The molecule has 0 saturated heterocycles. The maximum absolute atomic E-state index is 5.96. The molecule has 0 unspecified atom stereocenters. The highest BCUT2D eigenvalue weighted by Crippen LogP contribution is 2.36. The predicted molar refractivity (Wildman–Crippen MR) is 86.9 cm³/mol. The highest BCUT2D eigenvalue weighted by atomic mass is 79.9. The molecule has 0 amide bonds. The fourth-order valence-corrected chi connectivity index (χ4v) is 2.50. The largest absolute Gasteiger partial charge is 0.455 e. The lowest BCUT2D eigenvalue weighted by Crippen LogP contribution is -1.97. The minimum atomic E-state index is 0.376. The molecule has 0 aliphatic heterocycles. The SMILES string of the molecule is CC(C)c1cc(Br)ccc1Oc1cc(Br)ccc1N. The number of nitrogens with two attached hydrogens (primary N) is 1. The van der Waals surface area contributed by atoms with Crippen molar-refractivity contribution in [2.45, 2.75) is 19.8 Å². The van der Waals surface area contributed by atoms with Crippen molar-refractivity contribution in [3.8, 4) is 11.5 Å². The van der Waals surface area contributed by atoms with Crippen molar-refractivity contribution < 1.29 is 4.74 Å². The molecule has 2 aromatic rings. The van der Waals surface area contributed by atoms with Gasteiger partial charge in [0.1, 0.15) is 5.75 Å². The van der Waals surface area contributed by atoms with E-state index in [1.807, 2.05) is 30.3 Å². The van der Waals surface area contributed by atoms with Crippen LogP contribution >= 0.6 is 31.9 Å². The van der Waals surface area contributed by atoms with E-state index in [2.05, 4.69) is 51.8 Å². The van der Waals surface area contributed by atoms with Crippen LogP contribution in [0.1, 0.15) is 25.3 Å². The first-order valence-electron chi connectivity index (χ1n) is 5.99. The lowest BCUT2D eigenvalue weighted by molar-refractivity contribution is 0.475. The van der Waals surface area contributed by atoms with Crippen LogP contribution in [0.25, 0.3) is 0 Å². The Hall–Kier alpha value is -1.00. The van der Waals surface area contributed by atoms with Crippen LogP contribution in [0, 0.1) is 0 Å². The quantitative estimate of drug-likeness (QED) is 0.687. The van der Waals surface area contributed by atoms with Gasteiger partial charge in [0, 0.05) is 8.95 Å². The lowest BCUT2D eigenvalue weighted by atomic mass is 10.0. The molecule has 0 atom stereocenters. The third-order valence-electron chi connectivity index (χ3n) is 2.79. The van der Waals surface area contributed by atoms with Crippen LogP contribution in [0.2, 0.25) is 0 Å². The number of hydrogen-bond donors (Lipinski definition) is 1. The average Bonchev–Trinajstić information content (AvgIpc) is 2.35. The number of ether oxygens (including phenoxy) is 1. The van der Waals surface area contributed by atoms with Gasteiger partial charge in [-0.2, -0.15) is 0 Å². The van der Waals surface area contributed by atoms with Gasteiger partial charge in [-0.05, 0) is 47.9 Å². The molecule has 0 radical (unpaired) electrons. The van der Waals surface area contributed by atoms with Gasteiger partial charge in [0.05, 0.1) is 5.69 Å². The van der Waals surface area contributed by atoms with Gasteiger partial charge in [0.15, 0.2) is 5.75 Å². The van der Waals surface area contributed by atoms with E-state index in [1.54, 1.807) is 0 Å². The molecule has 2 nitrogen and oxygen atoms in total. The maximum Gasteiger partial charge on any atom is 0.151 e. The summed E-state index contributed by atoms with van der Waals surface area (Å²) in [4.78, 5) is 0. The molecule has 19 heavy (non-hydrogen) atoms. The summed E-state index contributed by atoms with van der Waals surface area (Å²) in [5.74, 6) is 1.88.